The fraction of sp³-hybridized carbons (Fsp3) is 0.312. The van der Waals surface area contributed by atoms with Crippen molar-refractivity contribution < 1.29 is 14.7 Å². The first-order chi connectivity index (χ1) is 10.1. The van der Waals surface area contributed by atoms with Crippen LogP contribution in [0.1, 0.15) is 35.2 Å². The lowest BCUT2D eigenvalue weighted by Crippen LogP contribution is -2.36. The van der Waals surface area contributed by atoms with Crippen LogP contribution in [0.15, 0.2) is 29.8 Å². The van der Waals surface area contributed by atoms with Crippen molar-refractivity contribution in [3.05, 3.63) is 41.0 Å². The minimum absolute atomic E-state index is 0.0630. The van der Waals surface area contributed by atoms with Crippen LogP contribution in [0.25, 0.3) is 6.08 Å². The van der Waals surface area contributed by atoms with Gasteiger partial charge in [-0.2, -0.15) is 5.26 Å². The maximum Gasteiger partial charge on any atom is 0.264 e. The molecule has 1 aromatic carbocycles. The molecule has 1 heterocycles. The first-order valence-electron chi connectivity index (χ1n) is 6.84. The van der Waals surface area contributed by atoms with E-state index in [4.69, 9.17) is 5.26 Å². The smallest absolute Gasteiger partial charge is 0.264 e. The predicted octanol–water partition coefficient (Wildman–Crippen LogP) is 0.970. The minimum atomic E-state index is -1.25. The number of likely N-dealkylation sites (tertiary alicyclic amines) is 1. The van der Waals surface area contributed by atoms with Gasteiger partial charge in [-0.25, -0.2) is 0 Å². The molecule has 1 aromatic rings. The van der Waals surface area contributed by atoms with E-state index in [1.807, 2.05) is 6.07 Å². The number of carboxylic acid groups (broad SMARTS) is 1. The molecule has 5 heteroatoms. The standard InChI is InChI=1S/C16H16N2O3/c17-11-14(15(19)18-8-2-1-3-9-18)10-12-4-6-13(7-5-12)16(20)21/h4-7,10H,1-3,8-9H2,(H,20,21)/p-1/b14-10+. The third-order valence-electron chi connectivity index (χ3n) is 3.45. The molecule has 0 aromatic heterocycles. The monoisotopic (exact) mass is 283 g/mol. The number of carboxylic acids is 1. The summed E-state index contributed by atoms with van der Waals surface area (Å²) in [6, 6.07) is 7.80. The van der Waals surface area contributed by atoms with Crippen molar-refractivity contribution >= 4 is 18.0 Å². The van der Waals surface area contributed by atoms with Crippen LogP contribution in [-0.2, 0) is 4.79 Å². The number of benzene rings is 1. The van der Waals surface area contributed by atoms with Gasteiger partial charge in [0.2, 0.25) is 0 Å². The molecule has 5 nitrogen and oxygen atoms in total. The molecular formula is C16H15N2O3-. The van der Waals surface area contributed by atoms with E-state index in [1.54, 1.807) is 17.0 Å². The van der Waals surface area contributed by atoms with Gasteiger partial charge in [-0.15, -0.1) is 0 Å². The molecule has 0 radical (unpaired) electrons. The summed E-state index contributed by atoms with van der Waals surface area (Å²) in [6.07, 6.45) is 4.52. The number of aromatic carboxylic acids is 1. The average molecular weight is 283 g/mol. The largest absolute Gasteiger partial charge is 0.545 e. The van der Waals surface area contributed by atoms with Gasteiger partial charge in [-0.05, 0) is 36.5 Å². The first-order valence-corrected chi connectivity index (χ1v) is 6.84. The molecule has 1 amide bonds. The van der Waals surface area contributed by atoms with Gasteiger partial charge >= 0.3 is 0 Å². The summed E-state index contributed by atoms with van der Waals surface area (Å²) in [4.78, 5) is 24.6. The number of rotatable bonds is 3. The van der Waals surface area contributed by atoms with E-state index >= 15 is 0 Å². The molecule has 0 aliphatic carbocycles. The summed E-state index contributed by atoms with van der Waals surface area (Å²) in [5.74, 6) is -1.52. The van der Waals surface area contributed by atoms with Crippen LogP contribution in [0.4, 0.5) is 0 Å². The van der Waals surface area contributed by atoms with E-state index in [9.17, 15) is 14.7 Å². The number of piperidine rings is 1. The summed E-state index contributed by atoms with van der Waals surface area (Å²) in [5, 5.41) is 19.8. The molecule has 1 fully saturated rings. The van der Waals surface area contributed by atoms with Crippen LogP contribution in [0.2, 0.25) is 0 Å². The van der Waals surface area contributed by atoms with Gasteiger partial charge in [0.05, 0.1) is 5.97 Å². The summed E-state index contributed by atoms with van der Waals surface area (Å²) in [6.45, 7) is 1.36. The van der Waals surface area contributed by atoms with Crippen molar-refractivity contribution in [1.82, 2.24) is 4.90 Å². The molecule has 2 rings (SSSR count). The molecule has 108 valence electrons. The van der Waals surface area contributed by atoms with E-state index in [1.165, 1.54) is 18.2 Å². The normalized spacial score (nSPS) is 15.4. The lowest BCUT2D eigenvalue weighted by atomic mass is 10.1. The number of hydrogen-bond donors (Lipinski definition) is 0. The van der Waals surface area contributed by atoms with Crippen LogP contribution < -0.4 is 5.11 Å². The highest BCUT2D eigenvalue weighted by molar-refractivity contribution is 6.01. The zero-order valence-electron chi connectivity index (χ0n) is 11.5. The topological polar surface area (TPSA) is 84.2 Å². The molecule has 1 aliphatic heterocycles. The van der Waals surface area contributed by atoms with E-state index in [0.29, 0.717) is 18.7 Å². The van der Waals surface area contributed by atoms with Gasteiger partial charge in [0.25, 0.3) is 5.91 Å². The summed E-state index contributed by atoms with van der Waals surface area (Å²) in [7, 11) is 0. The van der Waals surface area contributed by atoms with Gasteiger partial charge in [0.1, 0.15) is 11.6 Å². The number of hydrogen-bond acceptors (Lipinski definition) is 4. The maximum atomic E-state index is 12.2. The Morgan fingerprint density at radius 1 is 1.14 bits per heavy atom. The van der Waals surface area contributed by atoms with Gasteiger partial charge in [-0.1, -0.05) is 24.3 Å². The molecule has 0 unspecified atom stereocenters. The van der Waals surface area contributed by atoms with Crippen molar-refractivity contribution in [2.75, 3.05) is 13.1 Å². The molecule has 0 spiro atoms. The van der Waals surface area contributed by atoms with E-state index in [0.717, 1.165) is 19.3 Å². The molecule has 0 N–H and O–H groups in total. The Bertz CT molecular complexity index is 605. The predicted molar refractivity (Wildman–Crippen MR) is 74.8 cm³/mol. The van der Waals surface area contributed by atoms with Gasteiger partial charge < -0.3 is 14.8 Å². The van der Waals surface area contributed by atoms with Crippen molar-refractivity contribution in [1.29, 1.82) is 5.26 Å². The lowest BCUT2D eigenvalue weighted by molar-refractivity contribution is -0.255. The zero-order valence-corrected chi connectivity index (χ0v) is 11.5. The van der Waals surface area contributed by atoms with Crippen LogP contribution >= 0.6 is 0 Å². The quantitative estimate of drug-likeness (QED) is 0.611. The third kappa shape index (κ3) is 3.69. The number of carbonyl (C=O) groups excluding carboxylic acids is 2. The second kappa shape index (κ2) is 6.71. The van der Waals surface area contributed by atoms with E-state index in [2.05, 4.69) is 0 Å². The minimum Gasteiger partial charge on any atom is -0.545 e. The van der Waals surface area contributed by atoms with Gasteiger partial charge in [0, 0.05) is 13.1 Å². The Morgan fingerprint density at radius 3 is 2.29 bits per heavy atom. The van der Waals surface area contributed by atoms with Crippen LogP contribution in [0.3, 0.4) is 0 Å². The molecule has 21 heavy (non-hydrogen) atoms. The van der Waals surface area contributed by atoms with Crippen LogP contribution in [-0.4, -0.2) is 29.9 Å². The van der Waals surface area contributed by atoms with Crippen LogP contribution in [0.5, 0.6) is 0 Å². The number of nitriles is 1. The average Bonchev–Trinajstić information content (AvgIpc) is 2.53. The zero-order chi connectivity index (χ0) is 15.2. The number of nitrogens with zero attached hydrogens (tertiary/aromatic N) is 2. The lowest BCUT2D eigenvalue weighted by Gasteiger charge is -2.26. The van der Waals surface area contributed by atoms with Crippen molar-refractivity contribution in [3.63, 3.8) is 0 Å². The molecule has 0 saturated carbocycles. The van der Waals surface area contributed by atoms with Crippen molar-refractivity contribution in [3.8, 4) is 6.07 Å². The Hall–Kier alpha value is -2.61. The highest BCUT2D eigenvalue weighted by Crippen LogP contribution is 2.15. The molecule has 0 atom stereocenters. The van der Waals surface area contributed by atoms with Crippen LogP contribution in [0, 0.1) is 11.3 Å². The second-order valence-corrected chi connectivity index (χ2v) is 4.93. The fourth-order valence-corrected chi connectivity index (χ4v) is 2.29. The highest BCUT2D eigenvalue weighted by atomic mass is 16.4. The fourth-order valence-electron chi connectivity index (χ4n) is 2.29. The Balaban J connectivity index is 2.17. The van der Waals surface area contributed by atoms with Gasteiger partial charge in [0.15, 0.2) is 0 Å². The number of amides is 1. The Kier molecular flexibility index (Phi) is 4.72. The molecular weight excluding hydrogens is 268 g/mol. The summed E-state index contributed by atoms with van der Waals surface area (Å²) >= 11 is 0. The maximum absolute atomic E-state index is 12.2. The number of carbonyl (C=O) groups is 2. The summed E-state index contributed by atoms with van der Waals surface area (Å²) in [5.41, 5.74) is 0.744. The second-order valence-electron chi connectivity index (χ2n) is 4.93. The third-order valence-corrected chi connectivity index (χ3v) is 3.45. The van der Waals surface area contributed by atoms with E-state index in [-0.39, 0.29) is 17.0 Å². The first kappa shape index (κ1) is 14.8. The Labute approximate surface area is 123 Å². The van der Waals surface area contributed by atoms with E-state index < -0.39 is 5.97 Å². The Morgan fingerprint density at radius 2 is 1.76 bits per heavy atom. The van der Waals surface area contributed by atoms with Crippen molar-refractivity contribution in [2.24, 2.45) is 0 Å². The molecule has 1 saturated heterocycles. The van der Waals surface area contributed by atoms with Crippen molar-refractivity contribution in [2.45, 2.75) is 19.3 Å². The SMILES string of the molecule is N#C/C(=C\c1ccc(C(=O)[O-])cc1)C(=O)N1CCCCC1. The highest BCUT2D eigenvalue weighted by Gasteiger charge is 2.20. The molecule has 1 aliphatic rings. The molecule has 0 bridgehead atoms. The van der Waals surface area contributed by atoms with Gasteiger partial charge in [-0.3, -0.25) is 4.79 Å². The summed E-state index contributed by atoms with van der Waals surface area (Å²) < 4.78 is 0.